The second-order valence-corrected chi connectivity index (χ2v) is 9.18. The molecule has 32 heavy (non-hydrogen) atoms. The first-order valence-electron chi connectivity index (χ1n) is 11.6. The van der Waals surface area contributed by atoms with Gasteiger partial charge < -0.3 is 14.4 Å². The van der Waals surface area contributed by atoms with Crippen LogP contribution in [0.1, 0.15) is 54.4 Å². The molecule has 6 nitrogen and oxygen atoms in total. The second-order valence-electron chi connectivity index (χ2n) is 9.18. The standard InChI is InChI=1S/C26H31N5O/c1-18-15-20(19(2)31(18)22-10-13-29(3)14-11-22)6-7-21-17-27-25-16-23(8-9-24(25)28-21)30-12-4-5-26(30)32/h6-9,15-17,22H,4-5,10-14H2,1-3H3/b7-6+. The predicted molar refractivity (Wildman–Crippen MR) is 130 cm³/mol. The molecule has 3 aromatic rings. The third-order valence-electron chi connectivity index (χ3n) is 6.94. The largest absolute Gasteiger partial charge is 0.345 e. The summed E-state index contributed by atoms with van der Waals surface area (Å²) in [6.45, 7) is 7.54. The number of nitrogens with zero attached hydrogens (tertiary/aromatic N) is 5. The summed E-state index contributed by atoms with van der Waals surface area (Å²) in [5.74, 6) is 0.190. The van der Waals surface area contributed by atoms with Crippen molar-refractivity contribution < 1.29 is 4.79 Å². The lowest BCUT2D eigenvalue weighted by molar-refractivity contribution is -0.117. The van der Waals surface area contributed by atoms with E-state index in [0.717, 1.165) is 48.5 Å². The van der Waals surface area contributed by atoms with Crippen LogP contribution in [0.3, 0.4) is 0 Å². The van der Waals surface area contributed by atoms with Gasteiger partial charge in [-0.2, -0.15) is 0 Å². The van der Waals surface area contributed by atoms with Crippen molar-refractivity contribution in [2.75, 3.05) is 31.6 Å². The maximum atomic E-state index is 12.0. The third-order valence-corrected chi connectivity index (χ3v) is 6.94. The van der Waals surface area contributed by atoms with E-state index >= 15 is 0 Å². The first kappa shape index (κ1) is 20.9. The number of likely N-dealkylation sites (tertiary alicyclic amines) is 1. The number of piperidine rings is 1. The molecule has 0 N–H and O–H groups in total. The van der Waals surface area contributed by atoms with Gasteiger partial charge in [0.2, 0.25) is 5.91 Å². The number of fused-ring (bicyclic) bond motifs is 1. The van der Waals surface area contributed by atoms with Crippen molar-refractivity contribution in [2.24, 2.45) is 0 Å². The van der Waals surface area contributed by atoms with Crippen LogP contribution >= 0.6 is 0 Å². The number of hydrogen-bond acceptors (Lipinski definition) is 4. The third kappa shape index (κ3) is 3.95. The number of anilines is 1. The molecule has 0 aliphatic carbocycles. The minimum absolute atomic E-state index is 0.190. The molecule has 2 fully saturated rings. The quantitative estimate of drug-likeness (QED) is 0.608. The van der Waals surface area contributed by atoms with Crippen molar-refractivity contribution in [3.8, 4) is 0 Å². The van der Waals surface area contributed by atoms with E-state index < -0.39 is 0 Å². The van der Waals surface area contributed by atoms with Crippen LogP contribution in [0.25, 0.3) is 23.2 Å². The molecule has 2 aliphatic rings. The van der Waals surface area contributed by atoms with Crippen LogP contribution in [0, 0.1) is 13.8 Å². The van der Waals surface area contributed by atoms with Gasteiger partial charge in [0.15, 0.2) is 0 Å². The number of aromatic nitrogens is 3. The molecule has 4 heterocycles. The molecule has 166 valence electrons. The highest BCUT2D eigenvalue weighted by Gasteiger charge is 2.22. The average molecular weight is 430 g/mol. The monoisotopic (exact) mass is 429 g/mol. The Morgan fingerprint density at radius 3 is 2.59 bits per heavy atom. The lowest BCUT2D eigenvalue weighted by atomic mass is 10.0. The summed E-state index contributed by atoms with van der Waals surface area (Å²) in [4.78, 5) is 25.7. The maximum Gasteiger partial charge on any atom is 0.227 e. The molecule has 2 saturated heterocycles. The fraction of sp³-hybridized carbons (Fsp3) is 0.423. The van der Waals surface area contributed by atoms with Crippen molar-refractivity contribution in [1.29, 1.82) is 0 Å². The number of benzene rings is 1. The van der Waals surface area contributed by atoms with Crippen molar-refractivity contribution in [3.05, 3.63) is 53.1 Å². The first-order chi connectivity index (χ1) is 15.5. The fourth-order valence-electron chi connectivity index (χ4n) is 5.14. The Bertz CT molecular complexity index is 1190. The number of hydrogen-bond donors (Lipinski definition) is 0. The molecule has 1 aromatic carbocycles. The van der Waals surface area contributed by atoms with Crippen LogP contribution < -0.4 is 4.90 Å². The average Bonchev–Trinajstić information content (AvgIpc) is 3.34. The Hall–Kier alpha value is -2.99. The van der Waals surface area contributed by atoms with Gasteiger partial charge in [0.05, 0.1) is 22.9 Å². The molecule has 0 saturated carbocycles. The molecule has 2 aliphatic heterocycles. The Morgan fingerprint density at radius 1 is 1.03 bits per heavy atom. The van der Waals surface area contributed by atoms with E-state index in [4.69, 9.17) is 4.98 Å². The van der Waals surface area contributed by atoms with Crippen molar-refractivity contribution in [2.45, 2.75) is 45.6 Å². The van der Waals surface area contributed by atoms with Crippen LogP contribution in [-0.4, -0.2) is 52.0 Å². The predicted octanol–water partition coefficient (Wildman–Crippen LogP) is 4.61. The molecule has 0 unspecified atom stereocenters. The maximum absolute atomic E-state index is 12.0. The number of carbonyl (C=O) groups is 1. The van der Waals surface area contributed by atoms with Crippen molar-refractivity contribution in [3.63, 3.8) is 0 Å². The van der Waals surface area contributed by atoms with Crippen LogP contribution in [0.2, 0.25) is 0 Å². The number of amides is 1. The smallest absolute Gasteiger partial charge is 0.227 e. The van der Waals surface area contributed by atoms with Gasteiger partial charge in [-0.3, -0.25) is 9.78 Å². The topological polar surface area (TPSA) is 54.3 Å². The summed E-state index contributed by atoms with van der Waals surface area (Å²) in [7, 11) is 2.21. The van der Waals surface area contributed by atoms with E-state index in [1.165, 1.54) is 29.8 Å². The second kappa shape index (κ2) is 8.51. The Labute approximate surface area is 189 Å². The lowest BCUT2D eigenvalue weighted by Crippen LogP contribution is -2.32. The van der Waals surface area contributed by atoms with E-state index in [0.29, 0.717) is 12.5 Å². The van der Waals surface area contributed by atoms with Crippen molar-refractivity contribution >= 4 is 34.8 Å². The normalized spacial score (nSPS) is 18.5. The van der Waals surface area contributed by atoms with Crippen molar-refractivity contribution in [1.82, 2.24) is 19.4 Å². The van der Waals surface area contributed by atoms with E-state index in [-0.39, 0.29) is 5.91 Å². The Kier molecular flexibility index (Phi) is 5.55. The van der Waals surface area contributed by atoms with Gasteiger partial charge in [-0.15, -0.1) is 0 Å². The number of rotatable bonds is 4. The van der Waals surface area contributed by atoms with E-state index in [1.807, 2.05) is 35.4 Å². The summed E-state index contributed by atoms with van der Waals surface area (Å²) < 4.78 is 2.51. The highest BCUT2D eigenvalue weighted by atomic mass is 16.2. The summed E-state index contributed by atoms with van der Waals surface area (Å²) in [5, 5.41) is 0. The van der Waals surface area contributed by atoms with Crippen LogP contribution in [-0.2, 0) is 4.79 Å². The molecule has 0 spiro atoms. The SMILES string of the molecule is Cc1cc(/C=C/c2cnc3cc(N4CCCC4=O)ccc3n2)c(C)n1C1CCN(C)CC1. The molecule has 2 aromatic heterocycles. The Morgan fingerprint density at radius 2 is 1.84 bits per heavy atom. The van der Waals surface area contributed by atoms with Gasteiger partial charge in [0.25, 0.3) is 0 Å². The molecule has 6 heteroatoms. The number of aryl methyl sites for hydroxylation is 1. The Balaban J connectivity index is 1.37. The lowest BCUT2D eigenvalue weighted by Gasteiger charge is -2.31. The summed E-state index contributed by atoms with van der Waals surface area (Å²) in [6.07, 6.45) is 9.97. The molecule has 0 radical (unpaired) electrons. The van der Waals surface area contributed by atoms with Gasteiger partial charge in [-0.25, -0.2) is 4.98 Å². The highest BCUT2D eigenvalue weighted by molar-refractivity contribution is 5.97. The van der Waals surface area contributed by atoms with E-state index in [2.05, 4.69) is 47.5 Å². The molecular weight excluding hydrogens is 398 g/mol. The van der Waals surface area contributed by atoms with Gasteiger partial charge in [0.1, 0.15) is 0 Å². The van der Waals surface area contributed by atoms with Gasteiger partial charge in [0, 0.05) is 36.1 Å². The zero-order chi connectivity index (χ0) is 22.2. The van der Waals surface area contributed by atoms with Crippen LogP contribution in [0.5, 0.6) is 0 Å². The summed E-state index contributed by atoms with van der Waals surface area (Å²) >= 11 is 0. The van der Waals surface area contributed by atoms with Gasteiger partial charge >= 0.3 is 0 Å². The van der Waals surface area contributed by atoms with Crippen LogP contribution in [0.4, 0.5) is 5.69 Å². The minimum Gasteiger partial charge on any atom is -0.345 e. The molecule has 1 amide bonds. The molecular formula is C26H31N5O. The summed E-state index contributed by atoms with van der Waals surface area (Å²) in [6, 6.07) is 8.77. The van der Waals surface area contributed by atoms with Gasteiger partial charge in [-0.1, -0.05) is 6.08 Å². The van der Waals surface area contributed by atoms with Crippen LogP contribution in [0.15, 0.2) is 30.5 Å². The molecule has 0 bridgehead atoms. The molecule has 0 atom stereocenters. The minimum atomic E-state index is 0.190. The number of carbonyl (C=O) groups excluding carboxylic acids is 1. The van der Waals surface area contributed by atoms with Gasteiger partial charge in [-0.05, 0) is 89.2 Å². The van der Waals surface area contributed by atoms with E-state index in [9.17, 15) is 4.79 Å². The van der Waals surface area contributed by atoms with E-state index in [1.54, 1.807) is 0 Å². The zero-order valence-electron chi connectivity index (χ0n) is 19.2. The molecule has 5 rings (SSSR count). The fourth-order valence-corrected chi connectivity index (χ4v) is 5.14. The summed E-state index contributed by atoms with van der Waals surface area (Å²) in [5.41, 5.74) is 7.31. The zero-order valence-corrected chi connectivity index (χ0v) is 19.2. The first-order valence-corrected chi connectivity index (χ1v) is 11.6. The highest BCUT2D eigenvalue weighted by Crippen LogP contribution is 2.29.